The lowest BCUT2D eigenvalue weighted by Crippen LogP contribution is -2.53. The first-order valence-electron chi connectivity index (χ1n) is 6.40. The summed E-state index contributed by atoms with van der Waals surface area (Å²) in [6, 6.07) is 0.337. The van der Waals surface area contributed by atoms with E-state index in [0.717, 1.165) is 12.8 Å². The molecule has 17 heavy (non-hydrogen) atoms. The molecule has 2 aliphatic rings. The van der Waals surface area contributed by atoms with Crippen molar-refractivity contribution in [3.05, 3.63) is 0 Å². The normalized spacial score (nSPS) is 26.0. The molecule has 0 aromatic rings. The maximum atomic E-state index is 11.9. The number of hydrogen-bond acceptors (Lipinski definition) is 3. The van der Waals surface area contributed by atoms with Crippen LogP contribution < -0.4 is 5.73 Å². The Hall–Kier alpha value is -1.10. The zero-order chi connectivity index (χ0) is 12.4. The third-order valence-corrected chi connectivity index (χ3v) is 3.66. The summed E-state index contributed by atoms with van der Waals surface area (Å²) < 4.78 is 0. The van der Waals surface area contributed by atoms with Crippen LogP contribution in [0.4, 0.5) is 0 Å². The molecule has 2 unspecified atom stereocenters. The number of piperazine rings is 1. The highest BCUT2D eigenvalue weighted by Gasteiger charge is 2.36. The van der Waals surface area contributed by atoms with E-state index in [1.165, 1.54) is 0 Å². The van der Waals surface area contributed by atoms with E-state index in [0.29, 0.717) is 32.5 Å². The van der Waals surface area contributed by atoms with Gasteiger partial charge in [-0.05, 0) is 19.8 Å². The Morgan fingerprint density at radius 1 is 1.53 bits per heavy atom. The Bertz CT molecular complexity index is 317. The van der Waals surface area contributed by atoms with Crippen LogP contribution in [0.25, 0.3) is 0 Å². The molecule has 0 bridgehead atoms. The smallest absolute Gasteiger partial charge is 0.223 e. The van der Waals surface area contributed by atoms with Gasteiger partial charge in [0, 0.05) is 44.6 Å². The van der Waals surface area contributed by atoms with E-state index >= 15 is 0 Å². The van der Waals surface area contributed by atoms with E-state index in [4.69, 9.17) is 5.73 Å². The highest BCUT2D eigenvalue weighted by Crippen LogP contribution is 2.23. The molecule has 5 heteroatoms. The lowest BCUT2D eigenvalue weighted by atomic mass is 10.1. The Balaban J connectivity index is 1.84. The SMILES string of the molecule is CC(N)CCC(=O)N1CCN2C(=O)CCC2C1. The first kappa shape index (κ1) is 12.4. The summed E-state index contributed by atoms with van der Waals surface area (Å²) in [7, 11) is 0. The predicted molar refractivity (Wildman–Crippen MR) is 64.2 cm³/mol. The van der Waals surface area contributed by atoms with Crippen LogP contribution in [-0.2, 0) is 9.59 Å². The van der Waals surface area contributed by atoms with Crippen molar-refractivity contribution in [3.63, 3.8) is 0 Å². The van der Waals surface area contributed by atoms with Crippen molar-refractivity contribution in [2.24, 2.45) is 5.73 Å². The van der Waals surface area contributed by atoms with E-state index in [1.807, 2.05) is 16.7 Å². The molecule has 5 nitrogen and oxygen atoms in total. The van der Waals surface area contributed by atoms with E-state index < -0.39 is 0 Å². The van der Waals surface area contributed by atoms with Crippen LogP contribution in [0, 0.1) is 0 Å². The molecule has 96 valence electrons. The molecule has 2 amide bonds. The van der Waals surface area contributed by atoms with Gasteiger partial charge >= 0.3 is 0 Å². The van der Waals surface area contributed by atoms with Crippen molar-refractivity contribution in [2.75, 3.05) is 19.6 Å². The van der Waals surface area contributed by atoms with Gasteiger partial charge in [-0.15, -0.1) is 0 Å². The number of rotatable bonds is 3. The summed E-state index contributed by atoms with van der Waals surface area (Å²) in [4.78, 5) is 27.3. The molecule has 2 atom stereocenters. The predicted octanol–water partition coefficient (Wildman–Crippen LogP) is -0.0530. The van der Waals surface area contributed by atoms with E-state index in [-0.39, 0.29) is 23.9 Å². The summed E-state index contributed by atoms with van der Waals surface area (Å²) in [5, 5.41) is 0. The maximum Gasteiger partial charge on any atom is 0.223 e. The first-order chi connectivity index (χ1) is 8.08. The second-order valence-corrected chi connectivity index (χ2v) is 5.14. The van der Waals surface area contributed by atoms with Gasteiger partial charge in [-0.1, -0.05) is 0 Å². The molecule has 0 spiro atoms. The molecule has 2 aliphatic heterocycles. The highest BCUT2D eigenvalue weighted by atomic mass is 16.2. The molecule has 2 fully saturated rings. The lowest BCUT2D eigenvalue weighted by Gasteiger charge is -2.37. The zero-order valence-electron chi connectivity index (χ0n) is 10.4. The standard InChI is InChI=1S/C12H21N3O2/c1-9(13)2-4-11(16)14-6-7-15-10(8-14)3-5-12(15)17/h9-10H,2-8,13H2,1H3. The average molecular weight is 239 g/mol. The molecule has 2 heterocycles. The molecule has 2 saturated heterocycles. The molecule has 0 aliphatic carbocycles. The van der Waals surface area contributed by atoms with Gasteiger partial charge in [0.1, 0.15) is 0 Å². The van der Waals surface area contributed by atoms with Crippen LogP contribution >= 0.6 is 0 Å². The number of nitrogens with two attached hydrogens (primary N) is 1. The van der Waals surface area contributed by atoms with E-state index in [9.17, 15) is 9.59 Å². The lowest BCUT2D eigenvalue weighted by molar-refractivity contribution is -0.139. The molecule has 0 aromatic carbocycles. The monoisotopic (exact) mass is 239 g/mol. The molecule has 2 rings (SSSR count). The van der Waals surface area contributed by atoms with Crippen LogP contribution in [0.15, 0.2) is 0 Å². The van der Waals surface area contributed by atoms with Crippen molar-refractivity contribution >= 4 is 11.8 Å². The first-order valence-corrected chi connectivity index (χ1v) is 6.40. The summed E-state index contributed by atoms with van der Waals surface area (Å²) in [6.45, 7) is 4.01. The molecular formula is C12H21N3O2. The summed E-state index contributed by atoms with van der Waals surface area (Å²) in [6.07, 6.45) is 2.81. The third-order valence-electron chi connectivity index (χ3n) is 3.66. The fourth-order valence-electron chi connectivity index (χ4n) is 2.60. The average Bonchev–Trinajstić information content (AvgIpc) is 2.67. The van der Waals surface area contributed by atoms with Crippen molar-refractivity contribution in [3.8, 4) is 0 Å². The summed E-state index contributed by atoms with van der Waals surface area (Å²) in [5.41, 5.74) is 5.65. The molecule has 0 aromatic heterocycles. The van der Waals surface area contributed by atoms with Gasteiger partial charge < -0.3 is 15.5 Å². The van der Waals surface area contributed by atoms with Crippen LogP contribution in [0.1, 0.15) is 32.6 Å². The third kappa shape index (κ3) is 2.77. The Labute approximate surface area is 102 Å². The Morgan fingerprint density at radius 2 is 2.29 bits per heavy atom. The highest BCUT2D eigenvalue weighted by molar-refractivity contribution is 5.80. The van der Waals surface area contributed by atoms with Crippen LogP contribution in [0.2, 0.25) is 0 Å². The fourth-order valence-corrected chi connectivity index (χ4v) is 2.60. The second-order valence-electron chi connectivity index (χ2n) is 5.14. The van der Waals surface area contributed by atoms with Gasteiger partial charge in [-0.2, -0.15) is 0 Å². The van der Waals surface area contributed by atoms with Gasteiger partial charge in [0.15, 0.2) is 0 Å². The van der Waals surface area contributed by atoms with Crippen molar-refractivity contribution in [1.29, 1.82) is 0 Å². The molecule has 2 N–H and O–H groups in total. The molecule has 0 radical (unpaired) electrons. The number of amides is 2. The van der Waals surface area contributed by atoms with Crippen LogP contribution in [0.5, 0.6) is 0 Å². The van der Waals surface area contributed by atoms with Gasteiger partial charge in [0.2, 0.25) is 11.8 Å². The van der Waals surface area contributed by atoms with Crippen LogP contribution in [0.3, 0.4) is 0 Å². The number of carbonyl (C=O) groups is 2. The Kier molecular flexibility index (Phi) is 3.66. The van der Waals surface area contributed by atoms with Crippen molar-refractivity contribution in [2.45, 2.75) is 44.7 Å². The van der Waals surface area contributed by atoms with Gasteiger partial charge in [0.25, 0.3) is 0 Å². The summed E-state index contributed by atoms with van der Waals surface area (Å²) >= 11 is 0. The van der Waals surface area contributed by atoms with E-state index in [1.54, 1.807) is 0 Å². The van der Waals surface area contributed by atoms with Gasteiger partial charge in [0.05, 0.1) is 0 Å². The molecular weight excluding hydrogens is 218 g/mol. The molecule has 0 saturated carbocycles. The number of hydrogen-bond donors (Lipinski definition) is 1. The van der Waals surface area contributed by atoms with E-state index in [2.05, 4.69) is 0 Å². The minimum atomic E-state index is 0.0771. The maximum absolute atomic E-state index is 11.9. The number of nitrogens with zero attached hydrogens (tertiary/aromatic N) is 2. The van der Waals surface area contributed by atoms with Crippen molar-refractivity contribution < 1.29 is 9.59 Å². The minimum absolute atomic E-state index is 0.0771. The second kappa shape index (κ2) is 5.04. The topological polar surface area (TPSA) is 66.6 Å². The van der Waals surface area contributed by atoms with Gasteiger partial charge in [-0.25, -0.2) is 0 Å². The Morgan fingerprint density at radius 3 is 3.00 bits per heavy atom. The van der Waals surface area contributed by atoms with Gasteiger partial charge in [-0.3, -0.25) is 9.59 Å². The van der Waals surface area contributed by atoms with Crippen molar-refractivity contribution in [1.82, 2.24) is 9.80 Å². The summed E-state index contributed by atoms with van der Waals surface area (Å²) in [5.74, 6) is 0.430. The number of fused-ring (bicyclic) bond motifs is 1. The quantitative estimate of drug-likeness (QED) is 0.750. The minimum Gasteiger partial charge on any atom is -0.339 e. The number of carbonyl (C=O) groups excluding carboxylic acids is 2. The van der Waals surface area contributed by atoms with Crippen LogP contribution in [-0.4, -0.2) is 53.3 Å². The fraction of sp³-hybridized carbons (Fsp3) is 0.833. The largest absolute Gasteiger partial charge is 0.339 e. The zero-order valence-corrected chi connectivity index (χ0v) is 10.4.